The minimum Gasteiger partial charge on any atom is -0.486 e. The zero-order valence-corrected chi connectivity index (χ0v) is 15.0. The van der Waals surface area contributed by atoms with Gasteiger partial charge < -0.3 is 9.84 Å². The summed E-state index contributed by atoms with van der Waals surface area (Å²) in [7, 11) is -0.661. The predicted molar refractivity (Wildman–Crippen MR) is 88.4 cm³/mol. The van der Waals surface area contributed by atoms with Crippen LogP contribution in [-0.2, 0) is 28.5 Å². The SMILES string of the molecule is CC(CN(C)S(=O)(=O)c1ccc(OCc2ncnn2C)cc1)C(=O)O. The van der Waals surface area contributed by atoms with Gasteiger partial charge in [0.25, 0.3) is 0 Å². The third-order valence-corrected chi connectivity index (χ3v) is 5.50. The van der Waals surface area contributed by atoms with Gasteiger partial charge in [-0.15, -0.1) is 0 Å². The summed E-state index contributed by atoms with van der Waals surface area (Å²) in [5.74, 6) is -0.717. The Hall–Kier alpha value is -2.46. The minimum absolute atomic E-state index is 0.0681. The fourth-order valence-electron chi connectivity index (χ4n) is 2.05. The Labute approximate surface area is 145 Å². The van der Waals surface area contributed by atoms with Gasteiger partial charge in [-0.05, 0) is 24.3 Å². The number of carboxylic acid groups (broad SMARTS) is 1. The maximum atomic E-state index is 12.5. The molecule has 1 unspecified atom stereocenters. The lowest BCUT2D eigenvalue weighted by Crippen LogP contribution is -2.33. The molecule has 0 bridgehead atoms. The molecule has 0 aliphatic carbocycles. The molecule has 2 aromatic rings. The van der Waals surface area contributed by atoms with Crippen LogP contribution in [0.4, 0.5) is 0 Å². The lowest BCUT2D eigenvalue weighted by atomic mass is 10.2. The van der Waals surface area contributed by atoms with E-state index in [0.717, 1.165) is 4.31 Å². The van der Waals surface area contributed by atoms with Crippen molar-refractivity contribution in [1.82, 2.24) is 19.1 Å². The van der Waals surface area contributed by atoms with Gasteiger partial charge in [0.05, 0.1) is 10.8 Å². The maximum absolute atomic E-state index is 12.5. The molecule has 1 heterocycles. The Morgan fingerprint density at radius 2 is 2.00 bits per heavy atom. The van der Waals surface area contributed by atoms with Gasteiger partial charge in [-0.2, -0.15) is 5.10 Å². The van der Waals surface area contributed by atoms with Gasteiger partial charge in [0.15, 0.2) is 5.82 Å². The molecule has 0 aliphatic heterocycles. The van der Waals surface area contributed by atoms with Crippen molar-refractivity contribution >= 4 is 16.0 Å². The lowest BCUT2D eigenvalue weighted by Gasteiger charge is -2.19. The molecule has 0 amide bonds. The van der Waals surface area contributed by atoms with E-state index in [1.54, 1.807) is 11.7 Å². The first-order chi connectivity index (χ1) is 11.7. The van der Waals surface area contributed by atoms with E-state index in [1.165, 1.54) is 44.6 Å². The van der Waals surface area contributed by atoms with Crippen molar-refractivity contribution < 1.29 is 23.1 Å². The van der Waals surface area contributed by atoms with E-state index >= 15 is 0 Å². The number of carbonyl (C=O) groups is 1. The second-order valence-electron chi connectivity index (χ2n) is 5.58. The molecule has 0 spiro atoms. The average molecular weight is 368 g/mol. The number of nitrogens with zero attached hydrogens (tertiary/aromatic N) is 4. The third-order valence-electron chi connectivity index (χ3n) is 3.66. The molecule has 9 nitrogen and oxygen atoms in total. The monoisotopic (exact) mass is 368 g/mol. The molecule has 0 aliphatic rings. The number of rotatable bonds is 8. The van der Waals surface area contributed by atoms with Crippen LogP contribution in [-0.4, -0.2) is 52.2 Å². The first-order valence-electron chi connectivity index (χ1n) is 7.46. The van der Waals surface area contributed by atoms with Crippen molar-refractivity contribution in [2.45, 2.75) is 18.4 Å². The number of aryl methyl sites for hydroxylation is 1. The summed E-state index contributed by atoms with van der Waals surface area (Å²) in [6, 6.07) is 5.92. The van der Waals surface area contributed by atoms with Gasteiger partial charge in [0.2, 0.25) is 10.0 Å². The van der Waals surface area contributed by atoms with Crippen molar-refractivity contribution in [3.05, 3.63) is 36.4 Å². The molecule has 25 heavy (non-hydrogen) atoms. The zero-order valence-electron chi connectivity index (χ0n) is 14.2. The smallest absolute Gasteiger partial charge is 0.307 e. The Morgan fingerprint density at radius 3 is 2.52 bits per heavy atom. The summed E-state index contributed by atoms with van der Waals surface area (Å²) in [5.41, 5.74) is 0. The van der Waals surface area contributed by atoms with E-state index in [9.17, 15) is 13.2 Å². The summed E-state index contributed by atoms with van der Waals surface area (Å²) < 4.78 is 33.1. The topological polar surface area (TPSA) is 115 Å². The van der Waals surface area contributed by atoms with Crippen LogP contribution in [0.1, 0.15) is 12.7 Å². The highest BCUT2D eigenvalue weighted by Crippen LogP contribution is 2.20. The molecule has 136 valence electrons. The minimum atomic E-state index is -3.76. The second-order valence-corrected chi connectivity index (χ2v) is 7.63. The van der Waals surface area contributed by atoms with Gasteiger partial charge >= 0.3 is 5.97 Å². The van der Waals surface area contributed by atoms with E-state index in [0.29, 0.717) is 11.6 Å². The van der Waals surface area contributed by atoms with E-state index in [-0.39, 0.29) is 18.0 Å². The Balaban J connectivity index is 2.05. The van der Waals surface area contributed by atoms with Crippen molar-refractivity contribution in [2.24, 2.45) is 13.0 Å². The van der Waals surface area contributed by atoms with E-state index in [1.807, 2.05) is 0 Å². The Bertz CT molecular complexity index is 832. The molecule has 1 atom stereocenters. The molecule has 0 saturated heterocycles. The van der Waals surface area contributed by atoms with E-state index < -0.39 is 21.9 Å². The first kappa shape index (κ1) is 18.9. The summed E-state index contributed by atoms with van der Waals surface area (Å²) >= 11 is 0. The zero-order chi connectivity index (χ0) is 18.6. The fourth-order valence-corrected chi connectivity index (χ4v) is 3.31. The molecular formula is C15H20N4O5S. The molecule has 1 N–H and O–H groups in total. The molecular weight excluding hydrogens is 348 g/mol. The predicted octanol–water partition coefficient (Wildman–Crippen LogP) is 0.735. The van der Waals surface area contributed by atoms with Crippen LogP contribution < -0.4 is 4.74 Å². The van der Waals surface area contributed by atoms with Crippen LogP contribution in [0.15, 0.2) is 35.5 Å². The number of hydrogen-bond acceptors (Lipinski definition) is 6. The van der Waals surface area contributed by atoms with Crippen LogP contribution in [0.5, 0.6) is 5.75 Å². The average Bonchev–Trinajstić information content (AvgIpc) is 2.98. The molecule has 0 saturated carbocycles. The van der Waals surface area contributed by atoms with Gasteiger partial charge in [-0.3, -0.25) is 9.48 Å². The number of hydrogen-bond donors (Lipinski definition) is 1. The van der Waals surface area contributed by atoms with Gasteiger partial charge in [-0.25, -0.2) is 17.7 Å². The van der Waals surface area contributed by atoms with Crippen molar-refractivity contribution in [3.63, 3.8) is 0 Å². The summed E-state index contributed by atoms with van der Waals surface area (Å²) in [4.78, 5) is 15.0. The summed E-state index contributed by atoms with van der Waals surface area (Å²) in [5, 5.41) is 12.8. The van der Waals surface area contributed by atoms with Gasteiger partial charge in [0, 0.05) is 20.6 Å². The number of aromatic nitrogens is 3. The molecule has 1 aromatic heterocycles. The van der Waals surface area contributed by atoms with Crippen LogP contribution in [0.2, 0.25) is 0 Å². The van der Waals surface area contributed by atoms with Crippen LogP contribution in [0.3, 0.4) is 0 Å². The quantitative estimate of drug-likeness (QED) is 0.730. The van der Waals surface area contributed by atoms with E-state index in [2.05, 4.69) is 10.1 Å². The number of ether oxygens (including phenoxy) is 1. The number of aliphatic carboxylic acids is 1. The lowest BCUT2D eigenvalue weighted by molar-refractivity contribution is -0.141. The number of sulfonamides is 1. The normalized spacial score (nSPS) is 13.0. The van der Waals surface area contributed by atoms with Gasteiger partial charge in [-0.1, -0.05) is 6.92 Å². The summed E-state index contributed by atoms with van der Waals surface area (Å²) in [6.07, 6.45) is 1.42. The van der Waals surface area contributed by atoms with Crippen LogP contribution in [0.25, 0.3) is 0 Å². The van der Waals surface area contributed by atoms with Crippen LogP contribution in [0, 0.1) is 5.92 Å². The molecule has 10 heteroatoms. The van der Waals surface area contributed by atoms with Crippen molar-refractivity contribution in [3.8, 4) is 5.75 Å². The maximum Gasteiger partial charge on any atom is 0.307 e. The number of carboxylic acids is 1. The third kappa shape index (κ3) is 4.54. The fraction of sp³-hybridized carbons (Fsp3) is 0.400. The molecule has 0 radical (unpaired) electrons. The second kappa shape index (κ2) is 7.62. The van der Waals surface area contributed by atoms with Crippen molar-refractivity contribution in [1.29, 1.82) is 0 Å². The van der Waals surface area contributed by atoms with Gasteiger partial charge in [0.1, 0.15) is 18.7 Å². The molecule has 2 rings (SSSR count). The Morgan fingerprint density at radius 1 is 1.36 bits per heavy atom. The van der Waals surface area contributed by atoms with Crippen molar-refractivity contribution in [2.75, 3.05) is 13.6 Å². The largest absolute Gasteiger partial charge is 0.486 e. The number of benzene rings is 1. The molecule has 1 aromatic carbocycles. The summed E-state index contributed by atoms with van der Waals surface area (Å²) in [6.45, 7) is 1.55. The van der Waals surface area contributed by atoms with E-state index in [4.69, 9.17) is 9.84 Å². The highest BCUT2D eigenvalue weighted by Gasteiger charge is 2.24. The molecule has 0 fully saturated rings. The van der Waals surface area contributed by atoms with Crippen LogP contribution >= 0.6 is 0 Å². The Kier molecular flexibility index (Phi) is 5.75. The highest BCUT2D eigenvalue weighted by atomic mass is 32.2. The first-order valence-corrected chi connectivity index (χ1v) is 8.90. The standard InChI is InChI=1S/C15H20N4O5S/c1-11(15(20)21)8-18(2)25(22,23)13-6-4-12(5-7-13)24-9-14-16-10-17-19(14)3/h4-7,10-11H,8-9H2,1-3H3,(H,20,21). The highest BCUT2D eigenvalue weighted by molar-refractivity contribution is 7.89.